The fourth-order valence-electron chi connectivity index (χ4n) is 8.63. The average Bonchev–Trinajstić information content (AvgIpc) is 3.40. The quantitative estimate of drug-likeness (QED) is 0.112. The Balaban J connectivity index is 1.25. The Morgan fingerprint density at radius 3 is 2.43 bits per heavy atom. The van der Waals surface area contributed by atoms with E-state index in [-0.39, 0.29) is 67.4 Å². The number of amides is 1. The van der Waals surface area contributed by atoms with Crippen molar-refractivity contribution in [2.75, 3.05) is 11.0 Å². The maximum atomic E-state index is 15.5. The third-order valence-electron chi connectivity index (χ3n) is 11.2. The Kier molecular flexibility index (Phi) is 10.4. The van der Waals surface area contributed by atoms with Crippen LogP contribution in [0.2, 0.25) is 5.02 Å². The van der Waals surface area contributed by atoms with E-state index in [0.29, 0.717) is 16.3 Å². The first kappa shape index (κ1) is 43.9. The molecule has 14 nitrogen and oxygen atoms in total. The van der Waals surface area contributed by atoms with E-state index in [1.165, 1.54) is 54.3 Å². The number of rotatable bonds is 13. The number of anilines is 1. The maximum Gasteiger partial charge on any atom is 0.293 e. The van der Waals surface area contributed by atoms with E-state index in [9.17, 15) is 39.6 Å². The highest BCUT2D eigenvalue weighted by Gasteiger charge is 2.67. The van der Waals surface area contributed by atoms with Crippen LogP contribution in [-0.4, -0.2) is 65.4 Å². The summed E-state index contributed by atoms with van der Waals surface area (Å²) >= 11 is 6.61. The molecule has 65 heavy (non-hydrogen) atoms. The minimum atomic E-state index is -3.95. The van der Waals surface area contributed by atoms with Gasteiger partial charge >= 0.3 is 0 Å². The van der Waals surface area contributed by atoms with Crippen LogP contribution in [0.4, 0.5) is 40.9 Å². The highest BCUT2D eigenvalue weighted by molar-refractivity contribution is 7.92. The van der Waals surface area contributed by atoms with E-state index in [1.807, 2.05) is 0 Å². The van der Waals surface area contributed by atoms with Gasteiger partial charge in [-0.3, -0.25) is 32.9 Å². The van der Waals surface area contributed by atoms with E-state index in [1.54, 1.807) is 0 Å². The first-order valence-corrected chi connectivity index (χ1v) is 21.9. The van der Waals surface area contributed by atoms with Gasteiger partial charge in [0.25, 0.3) is 23.8 Å². The molecule has 4 aromatic heterocycles. The molecule has 2 aliphatic rings. The van der Waals surface area contributed by atoms with Gasteiger partial charge in [0, 0.05) is 49.7 Å². The molecule has 0 unspecified atom stereocenters. The smallest absolute Gasteiger partial charge is 0.293 e. The summed E-state index contributed by atoms with van der Waals surface area (Å²) in [5.41, 5.74) is -2.50. The topological polar surface area (TPSA) is 164 Å². The molecule has 1 fully saturated rings. The zero-order valence-electron chi connectivity index (χ0n) is 33.9. The second-order valence-electron chi connectivity index (χ2n) is 16.2. The number of fused-ring (bicyclic) bond motifs is 5. The Bertz CT molecular complexity index is 3270. The third kappa shape index (κ3) is 8.08. The predicted molar refractivity (Wildman–Crippen MR) is 220 cm³/mol. The number of sulfonamides is 1. The number of aromatic nitrogens is 8. The summed E-state index contributed by atoms with van der Waals surface area (Å²) in [4.78, 5) is 34.0. The van der Waals surface area contributed by atoms with Crippen LogP contribution < -0.4 is 15.6 Å². The van der Waals surface area contributed by atoms with Crippen molar-refractivity contribution in [1.29, 1.82) is 0 Å². The lowest BCUT2D eigenvalue weighted by atomic mass is 10.0. The van der Waals surface area contributed by atoms with Crippen LogP contribution in [0.25, 0.3) is 38.8 Å². The van der Waals surface area contributed by atoms with Gasteiger partial charge in [0.15, 0.2) is 5.82 Å². The predicted octanol–water partition coefficient (Wildman–Crippen LogP) is 7.54. The molecular formula is C41H33ClF8N10O4S. The molecule has 9 rings (SSSR count). The van der Waals surface area contributed by atoms with E-state index >= 15 is 13.6 Å². The minimum absolute atomic E-state index is 0.0132. The van der Waals surface area contributed by atoms with Gasteiger partial charge in [0.1, 0.15) is 41.9 Å². The van der Waals surface area contributed by atoms with Gasteiger partial charge in [-0.25, -0.2) is 39.7 Å². The molecule has 3 atom stereocenters. The molecule has 0 saturated heterocycles. The molecule has 2 N–H and O–H groups in total. The lowest BCUT2D eigenvalue weighted by Crippen LogP contribution is -2.38. The number of hydrogen-bond acceptors (Lipinski definition) is 8. The molecule has 0 spiro atoms. The number of nitrogens with zero attached hydrogens (tertiary/aromatic N) is 8. The average molecular weight is 949 g/mol. The fraction of sp³-hybridized carbons (Fsp3) is 0.317. The van der Waals surface area contributed by atoms with Crippen molar-refractivity contribution in [2.24, 2.45) is 13.0 Å². The van der Waals surface area contributed by atoms with Crippen LogP contribution in [0.3, 0.4) is 0 Å². The summed E-state index contributed by atoms with van der Waals surface area (Å²) in [6, 6.07) is 9.26. The Hall–Kier alpha value is -6.36. The van der Waals surface area contributed by atoms with Gasteiger partial charge in [0.2, 0.25) is 15.9 Å². The lowest BCUT2D eigenvalue weighted by molar-refractivity contribution is -0.123. The zero-order valence-corrected chi connectivity index (χ0v) is 35.5. The Morgan fingerprint density at radius 2 is 1.75 bits per heavy atom. The summed E-state index contributed by atoms with van der Waals surface area (Å²) in [6.45, 7) is -1.06. The van der Waals surface area contributed by atoms with Crippen LogP contribution in [0, 0.1) is 17.6 Å². The second-order valence-corrected chi connectivity index (χ2v) is 18.4. The normalized spacial score (nSPS) is 17.2. The number of hydrogen-bond donors (Lipinski definition) is 2. The number of carbonyl (C=O) groups is 1. The minimum Gasteiger partial charge on any atom is -0.344 e. The number of aryl methyl sites for hydroxylation is 1. The highest BCUT2D eigenvalue weighted by atomic mass is 35.5. The number of benzene rings is 3. The van der Waals surface area contributed by atoms with Gasteiger partial charge in [-0.1, -0.05) is 17.7 Å². The van der Waals surface area contributed by atoms with Crippen LogP contribution in [0.1, 0.15) is 60.1 Å². The van der Waals surface area contributed by atoms with Crippen molar-refractivity contribution in [1.82, 2.24) is 44.2 Å². The Morgan fingerprint density at radius 1 is 1.03 bits per heavy atom. The molecule has 0 radical (unpaired) electrons. The van der Waals surface area contributed by atoms with E-state index < -0.39 is 100 Å². The van der Waals surface area contributed by atoms with Crippen LogP contribution in [0.15, 0.2) is 65.6 Å². The summed E-state index contributed by atoms with van der Waals surface area (Å²) < 4.78 is 147. The molecule has 1 saturated carbocycles. The zero-order chi connectivity index (χ0) is 46.7. The van der Waals surface area contributed by atoms with Crippen LogP contribution in [-0.2, 0) is 47.3 Å². The first-order valence-electron chi connectivity index (χ1n) is 19.6. The summed E-state index contributed by atoms with van der Waals surface area (Å²) in [7, 11) is -2.54. The molecule has 4 heterocycles. The third-order valence-corrected chi connectivity index (χ3v) is 12.1. The largest absolute Gasteiger partial charge is 0.344 e. The standard InChI is InChI=1S/C41H33ClF8N10O4S/c1-40(47,48)17-58-9-8-26(53-58)19-4-5-22-27(13-19)52-38(60(39(22)62)29-7-6-25(42)32-34(29)57(2)55-37(32)56-65(3,63)64)28(12-18-10-20(43)14-21(44)11-18)51-30(61)16-59-35-31(33(54-59)36(45)46)23-15-24(23)41(35,49)50/h4-11,13-14,23-24,28,36H,12,15-17H2,1-3H3,(H,51,61)(H,55,56)/t23-,24+,28-/m0/s1. The van der Waals surface area contributed by atoms with Crippen LogP contribution in [0.5, 0.6) is 0 Å². The second kappa shape index (κ2) is 15.4. The molecule has 0 bridgehead atoms. The number of alkyl halides is 6. The van der Waals surface area contributed by atoms with Gasteiger partial charge in [-0.2, -0.15) is 24.1 Å². The molecular weight excluding hydrogens is 916 g/mol. The van der Waals surface area contributed by atoms with Crippen molar-refractivity contribution in [3.8, 4) is 16.9 Å². The monoisotopic (exact) mass is 948 g/mol. The lowest BCUT2D eigenvalue weighted by Gasteiger charge is -2.24. The molecule has 2 aliphatic carbocycles. The van der Waals surface area contributed by atoms with Gasteiger partial charge in [0.05, 0.1) is 50.5 Å². The van der Waals surface area contributed by atoms with Crippen molar-refractivity contribution in [2.45, 2.75) is 63.1 Å². The molecule has 24 heteroatoms. The summed E-state index contributed by atoms with van der Waals surface area (Å²) in [6.07, 6.45) is -1.61. The number of carbonyl (C=O) groups excluding carboxylic acids is 1. The van der Waals surface area contributed by atoms with E-state index in [4.69, 9.17) is 16.6 Å². The maximum absolute atomic E-state index is 15.5. The fourth-order valence-corrected chi connectivity index (χ4v) is 9.36. The van der Waals surface area contributed by atoms with Crippen molar-refractivity contribution in [3.63, 3.8) is 0 Å². The molecule has 0 aliphatic heterocycles. The van der Waals surface area contributed by atoms with E-state index in [2.05, 4.69) is 25.3 Å². The summed E-state index contributed by atoms with van der Waals surface area (Å²) in [5.74, 6) is -12.5. The molecule has 7 aromatic rings. The van der Waals surface area contributed by atoms with E-state index in [0.717, 1.165) is 34.6 Å². The highest BCUT2D eigenvalue weighted by Crippen LogP contribution is 2.68. The van der Waals surface area contributed by atoms with Crippen LogP contribution >= 0.6 is 11.6 Å². The van der Waals surface area contributed by atoms with Crippen molar-refractivity contribution < 1.29 is 48.3 Å². The van der Waals surface area contributed by atoms with Gasteiger partial charge in [-0.05, 0) is 60.4 Å². The van der Waals surface area contributed by atoms with Crippen molar-refractivity contribution in [3.05, 3.63) is 116 Å². The number of nitrogens with one attached hydrogen (secondary N) is 2. The molecule has 1 amide bonds. The molecule has 3 aromatic carbocycles. The summed E-state index contributed by atoms with van der Waals surface area (Å²) in [5, 5.41) is 14.8. The Labute approximate surface area is 366 Å². The van der Waals surface area contributed by atoms with Gasteiger partial charge in [-0.15, -0.1) is 0 Å². The number of halogens is 9. The van der Waals surface area contributed by atoms with Crippen molar-refractivity contribution >= 4 is 55.2 Å². The first-order chi connectivity index (χ1) is 30.5. The SMILES string of the molecule is Cn1nc(NS(C)(=O)=O)c2c(Cl)ccc(-n3c([C@H](Cc4cc(F)cc(F)c4)NC(=O)Cn4nc(C(F)F)c5c4C(F)(F)[C@@H]4C[C@H]54)nc4cc(-c5ccn(CC(C)(F)F)n5)ccc4c3=O)c21. The molecule has 340 valence electrons. The van der Waals surface area contributed by atoms with Gasteiger partial charge < -0.3 is 5.32 Å².